The van der Waals surface area contributed by atoms with Crippen LogP contribution in [0.2, 0.25) is 0 Å². The van der Waals surface area contributed by atoms with E-state index >= 15 is 0 Å². The molecule has 0 saturated heterocycles. The molecule has 0 radical (unpaired) electrons. The van der Waals surface area contributed by atoms with Crippen LogP contribution in [0.25, 0.3) is 0 Å². The summed E-state index contributed by atoms with van der Waals surface area (Å²) in [4.78, 5) is 19.4. The average Bonchev–Trinajstić information content (AvgIpc) is 2.54. The molecule has 0 atom stereocenters. The van der Waals surface area contributed by atoms with E-state index in [4.69, 9.17) is 0 Å². The average molecular weight is 337 g/mol. The number of H-pyrrole nitrogens is 1. The van der Waals surface area contributed by atoms with Crippen molar-refractivity contribution in [3.63, 3.8) is 0 Å². The van der Waals surface area contributed by atoms with E-state index in [9.17, 15) is 18.0 Å². The molecule has 7 heteroatoms. The Morgan fingerprint density at radius 1 is 1.25 bits per heavy atom. The van der Waals surface area contributed by atoms with Gasteiger partial charge in [0.05, 0.1) is 5.69 Å². The number of hydrogen-bond donors (Lipinski definition) is 1. The van der Waals surface area contributed by atoms with Crippen molar-refractivity contribution in [3.05, 3.63) is 62.8 Å². The second-order valence-electron chi connectivity index (χ2n) is 5.92. The van der Waals surface area contributed by atoms with Crippen LogP contribution < -0.4 is 5.56 Å². The van der Waals surface area contributed by atoms with Gasteiger partial charge >= 0.3 is 6.18 Å². The molecule has 0 saturated carbocycles. The van der Waals surface area contributed by atoms with Crippen LogP contribution in [0.15, 0.2) is 29.1 Å². The van der Waals surface area contributed by atoms with Crippen LogP contribution in [0.3, 0.4) is 0 Å². The summed E-state index contributed by atoms with van der Waals surface area (Å²) in [6.07, 6.45) is -3.34. The Hall–Kier alpha value is -2.15. The van der Waals surface area contributed by atoms with Gasteiger partial charge in [-0.15, -0.1) is 0 Å². The lowest BCUT2D eigenvalue weighted by molar-refractivity contribution is -0.145. The maximum Gasteiger partial charge on any atom is 0.449 e. The summed E-state index contributed by atoms with van der Waals surface area (Å²) in [5.74, 6) is -1.22. The third kappa shape index (κ3) is 3.36. The highest BCUT2D eigenvalue weighted by atomic mass is 19.4. The maximum absolute atomic E-state index is 12.8. The fourth-order valence-corrected chi connectivity index (χ4v) is 3.06. The molecule has 0 bridgehead atoms. The zero-order valence-electron chi connectivity index (χ0n) is 13.3. The molecule has 0 spiro atoms. The largest absolute Gasteiger partial charge is 0.449 e. The molecule has 0 aliphatic carbocycles. The minimum absolute atomic E-state index is 0.228. The van der Waals surface area contributed by atoms with Crippen molar-refractivity contribution in [2.45, 2.75) is 39.0 Å². The molecule has 0 amide bonds. The third-order valence-electron chi connectivity index (χ3n) is 4.31. The molecule has 4 nitrogen and oxygen atoms in total. The SMILES string of the molecule is CCc1ccccc1CN1CCc2c(nc(C(F)(F)F)[nH]c2=O)C1. The minimum atomic E-state index is -4.65. The summed E-state index contributed by atoms with van der Waals surface area (Å²) >= 11 is 0. The van der Waals surface area contributed by atoms with E-state index in [0.29, 0.717) is 25.1 Å². The Morgan fingerprint density at radius 3 is 2.62 bits per heavy atom. The van der Waals surface area contributed by atoms with E-state index in [2.05, 4.69) is 18.0 Å². The zero-order chi connectivity index (χ0) is 17.3. The fourth-order valence-electron chi connectivity index (χ4n) is 3.06. The zero-order valence-corrected chi connectivity index (χ0v) is 13.3. The maximum atomic E-state index is 12.8. The van der Waals surface area contributed by atoms with E-state index in [1.807, 2.05) is 28.1 Å². The van der Waals surface area contributed by atoms with Crippen LogP contribution in [0, 0.1) is 0 Å². The molecule has 1 aromatic heterocycles. The summed E-state index contributed by atoms with van der Waals surface area (Å²) in [6, 6.07) is 8.01. The molecule has 3 rings (SSSR count). The van der Waals surface area contributed by atoms with Gasteiger partial charge in [0.2, 0.25) is 5.82 Å². The van der Waals surface area contributed by atoms with Gasteiger partial charge in [0, 0.05) is 25.2 Å². The van der Waals surface area contributed by atoms with E-state index in [1.54, 1.807) is 0 Å². The van der Waals surface area contributed by atoms with E-state index in [-0.39, 0.29) is 12.2 Å². The van der Waals surface area contributed by atoms with Crippen molar-refractivity contribution >= 4 is 0 Å². The number of halogens is 3. The van der Waals surface area contributed by atoms with E-state index in [0.717, 1.165) is 12.0 Å². The second-order valence-corrected chi connectivity index (χ2v) is 5.92. The number of nitrogens with zero attached hydrogens (tertiary/aromatic N) is 2. The van der Waals surface area contributed by atoms with Gasteiger partial charge in [-0.1, -0.05) is 31.2 Å². The van der Waals surface area contributed by atoms with E-state index < -0.39 is 17.6 Å². The van der Waals surface area contributed by atoms with Crippen LogP contribution in [0.4, 0.5) is 13.2 Å². The first-order chi connectivity index (χ1) is 11.4. The van der Waals surface area contributed by atoms with E-state index in [1.165, 1.54) is 5.56 Å². The van der Waals surface area contributed by atoms with Crippen LogP contribution in [-0.4, -0.2) is 21.4 Å². The number of fused-ring (bicyclic) bond motifs is 1. The molecule has 1 aliphatic heterocycles. The molecule has 128 valence electrons. The number of aromatic amines is 1. The highest BCUT2D eigenvalue weighted by Gasteiger charge is 2.36. The van der Waals surface area contributed by atoms with Gasteiger partial charge in [0.25, 0.3) is 5.56 Å². The summed E-state index contributed by atoms with van der Waals surface area (Å²) in [5, 5.41) is 0. The van der Waals surface area contributed by atoms with Gasteiger partial charge in [-0.2, -0.15) is 13.2 Å². The number of rotatable bonds is 3. The lowest BCUT2D eigenvalue weighted by Crippen LogP contribution is -2.36. The normalized spacial score (nSPS) is 15.3. The summed E-state index contributed by atoms with van der Waals surface area (Å²) in [7, 11) is 0. The fraction of sp³-hybridized carbons (Fsp3) is 0.412. The Labute approximate surface area is 137 Å². The lowest BCUT2D eigenvalue weighted by Gasteiger charge is -2.28. The Bertz CT molecular complexity index is 798. The van der Waals surface area contributed by atoms with Gasteiger partial charge < -0.3 is 4.98 Å². The van der Waals surface area contributed by atoms with Crippen LogP contribution >= 0.6 is 0 Å². The highest BCUT2D eigenvalue weighted by Crippen LogP contribution is 2.27. The first-order valence-electron chi connectivity index (χ1n) is 7.87. The number of alkyl halides is 3. The molecule has 1 aliphatic rings. The highest BCUT2D eigenvalue weighted by molar-refractivity contribution is 5.28. The quantitative estimate of drug-likeness (QED) is 0.937. The second kappa shape index (κ2) is 6.39. The van der Waals surface area contributed by atoms with Crippen molar-refractivity contribution < 1.29 is 13.2 Å². The molecule has 1 N–H and O–H groups in total. The molecular weight excluding hydrogens is 319 g/mol. The number of nitrogens with one attached hydrogen (secondary N) is 1. The van der Waals surface area contributed by atoms with Crippen molar-refractivity contribution in [2.24, 2.45) is 0 Å². The topological polar surface area (TPSA) is 49.0 Å². The Kier molecular flexibility index (Phi) is 4.45. The van der Waals surface area contributed by atoms with Crippen molar-refractivity contribution in [1.29, 1.82) is 0 Å². The number of benzene rings is 1. The molecule has 24 heavy (non-hydrogen) atoms. The molecule has 2 aromatic rings. The molecule has 1 aromatic carbocycles. The van der Waals surface area contributed by atoms with Crippen LogP contribution in [0.1, 0.15) is 35.1 Å². The third-order valence-corrected chi connectivity index (χ3v) is 4.31. The van der Waals surface area contributed by atoms with Gasteiger partial charge in [-0.3, -0.25) is 9.69 Å². The van der Waals surface area contributed by atoms with Crippen LogP contribution in [-0.2, 0) is 32.1 Å². The smallest absolute Gasteiger partial charge is 0.303 e. The predicted molar refractivity (Wildman–Crippen MR) is 83.5 cm³/mol. The monoisotopic (exact) mass is 337 g/mol. The first kappa shape index (κ1) is 16.7. The number of aromatic nitrogens is 2. The predicted octanol–water partition coefficient (Wildman–Crippen LogP) is 2.91. The van der Waals surface area contributed by atoms with Crippen molar-refractivity contribution in [1.82, 2.24) is 14.9 Å². The number of aryl methyl sites for hydroxylation is 1. The molecule has 0 unspecified atom stereocenters. The van der Waals surface area contributed by atoms with Crippen molar-refractivity contribution in [2.75, 3.05) is 6.54 Å². The molecular formula is C17H18F3N3O. The Balaban J connectivity index is 1.86. The van der Waals surface area contributed by atoms with Crippen molar-refractivity contribution in [3.8, 4) is 0 Å². The summed E-state index contributed by atoms with van der Waals surface area (Å²) in [5.41, 5.74) is 2.29. The Morgan fingerprint density at radius 2 is 1.96 bits per heavy atom. The van der Waals surface area contributed by atoms with Gasteiger partial charge in [0.15, 0.2) is 0 Å². The standard InChI is InChI=1S/C17H18F3N3O/c1-2-11-5-3-4-6-12(11)9-23-8-7-13-14(10-23)21-16(17(18,19)20)22-15(13)24/h3-6H,2,7-10H2,1H3,(H,21,22,24). The molecule has 2 heterocycles. The minimum Gasteiger partial charge on any atom is -0.303 e. The molecule has 0 fully saturated rings. The van der Waals surface area contributed by atoms with Gasteiger partial charge in [0.1, 0.15) is 0 Å². The van der Waals surface area contributed by atoms with Gasteiger partial charge in [-0.05, 0) is 24.0 Å². The summed E-state index contributed by atoms with van der Waals surface area (Å²) < 4.78 is 38.5. The summed E-state index contributed by atoms with van der Waals surface area (Å²) in [6.45, 7) is 3.59. The number of hydrogen-bond acceptors (Lipinski definition) is 3. The van der Waals surface area contributed by atoms with Crippen LogP contribution in [0.5, 0.6) is 0 Å². The lowest BCUT2D eigenvalue weighted by atomic mass is 10.0. The van der Waals surface area contributed by atoms with Gasteiger partial charge in [-0.25, -0.2) is 4.98 Å². The first-order valence-corrected chi connectivity index (χ1v) is 7.87.